The summed E-state index contributed by atoms with van der Waals surface area (Å²) in [4.78, 5) is 0. The van der Waals surface area contributed by atoms with Gasteiger partial charge in [0, 0.05) is 6.54 Å². The number of hydrogen-bond acceptors (Lipinski definition) is 3. The zero-order chi connectivity index (χ0) is 14.8. The maximum atomic E-state index is 10.7. The summed E-state index contributed by atoms with van der Waals surface area (Å²) in [6.07, 6.45) is 3.73. The van der Waals surface area contributed by atoms with Gasteiger partial charge in [0.1, 0.15) is 6.07 Å². The number of nitriles is 1. The Morgan fingerprint density at radius 2 is 1.90 bits per heavy atom. The smallest absolute Gasteiger partial charge is 0.101 e. The highest BCUT2D eigenvalue weighted by molar-refractivity contribution is 5.58. The van der Waals surface area contributed by atoms with E-state index in [1.54, 1.807) is 0 Å². The SMILES string of the molecule is Cc1ccc(C#N)c(NCC2(O)CCC(C)(C)CC2)c1. The van der Waals surface area contributed by atoms with Crippen molar-refractivity contribution in [1.29, 1.82) is 5.26 Å². The van der Waals surface area contributed by atoms with Gasteiger partial charge in [-0.25, -0.2) is 0 Å². The second-order valence-electron chi connectivity index (χ2n) is 6.90. The van der Waals surface area contributed by atoms with Gasteiger partial charge in [-0.15, -0.1) is 0 Å². The average Bonchev–Trinajstić information content (AvgIpc) is 2.41. The molecular formula is C17H24N2O. The lowest BCUT2D eigenvalue weighted by Crippen LogP contribution is -2.42. The Hall–Kier alpha value is -1.53. The summed E-state index contributed by atoms with van der Waals surface area (Å²) >= 11 is 0. The molecule has 0 unspecified atom stereocenters. The second-order valence-corrected chi connectivity index (χ2v) is 6.90. The molecule has 0 atom stereocenters. The van der Waals surface area contributed by atoms with Gasteiger partial charge in [-0.05, 0) is 55.7 Å². The second kappa shape index (κ2) is 5.46. The first kappa shape index (κ1) is 14.9. The molecule has 0 bridgehead atoms. The van der Waals surface area contributed by atoms with Crippen LogP contribution >= 0.6 is 0 Å². The number of anilines is 1. The quantitative estimate of drug-likeness (QED) is 0.883. The van der Waals surface area contributed by atoms with E-state index in [-0.39, 0.29) is 0 Å². The van der Waals surface area contributed by atoms with E-state index in [4.69, 9.17) is 5.26 Å². The van der Waals surface area contributed by atoms with Crippen LogP contribution in [0.5, 0.6) is 0 Å². The summed E-state index contributed by atoms with van der Waals surface area (Å²) in [5.41, 5.74) is 2.27. The molecule has 1 aliphatic carbocycles. The van der Waals surface area contributed by atoms with Crippen molar-refractivity contribution in [2.75, 3.05) is 11.9 Å². The molecule has 1 aromatic rings. The highest BCUT2D eigenvalue weighted by atomic mass is 16.3. The number of aryl methyl sites for hydroxylation is 1. The Labute approximate surface area is 121 Å². The standard InChI is InChI=1S/C17H24N2O/c1-13-4-5-14(11-18)15(10-13)19-12-17(20)8-6-16(2,3)7-9-17/h4-5,10,19-20H,6-9,12H2,1-3H3. The number of nitrogens with one attached hydrogen (secondary N) is 1. The minimum atomic E-state index is -0.647. The van der Waals surface area contributed by atoms with Gasteiger partial charge in [0.2, 0.25) is 0 Å². The van der Waals surface area contributed by atoms with Crippen LogP contribution in [0.4, 0.5) is 5.69 Å². The highest BCUT2D eigenvalue weighted by Gasteiger charge is 2.36. The fraction of sp³-hybridized carbons (Fsp3) is 0.588. The summed E-state index contributed by atoms with van der Waals surface area (Å²) in [7, 11) is 0. The molecule has 1 aliphatic rings. The highest BCUT2D eigenvalue weighted by Crippen LogP contribution is 2.40. The molecule has 3 nitrogen and oxygen atoms in total. The molecule has 0 aromatic heterocycles. The van der Waals surface area contributed by atoms with E-state index in [0.717, 1.165) is 36.9 Å². The molecule has 2 N–H and O–H groups in total. The molecule has 0 amide bonds. The number of benzene rings is 1. The summed E-state index contributed by atoms with van der Waals surface area (Å²) in [6, 6.07) is 7.92. The van der Waals surface area contributed by atoms with Gasteiger partial charge in [-0.2, -0.15) is 5.26 Å². The predicted molar refractivity (Wildman–Crippen MR) is 81.6 cm³/mol. The van der Waals surface area contributed by atoms with Gasteiger partial charge < -0.3 is 10.4 Å². The van der Waals surface area contributed by atoms with E-state index in [9.17, 15) is 5.11 Å². The van der Waals surface area contributed by atoms with Crippen LogP contribution in [-0.4, -0.2) is 17.3 Å². The van der Waals surface area contributed by atoms with Crippen LogP contribution in [0, 0.1) is 23.7 Å². The maximum absolute atomic E-state index is 10.7. The normalized spacial score (nSPS) is 20.1. The molecule has 0 aliphatic heterocycles. The summed E-state index contributed by atoms with van der Waals surface area (Å²) in [6.45, 7) is 7.04. The zero-order valence-electron chi connectivity index (χ0n) is 12.7. The molecule has 1 saturated carbocycles. The fourth-order valence-electron chi connectivity index (χ4n) is 2.73. The molecule has 2 rings (SSSR count). The maximum Gasteiger partial charge on any atom is 0.101 e. The number of nitrogens with zero attached hydrogens (tertiary/aromatic N) is 1. The molecule has 3 heteroatoms. The number of rotatable bonds is 3. The topological polar surface area (TPSA) is 56.0 Å². The van der Waals surface area contributed by atoms with Crippen molar-refractivity contribution < 1.29 is 5.11 Å². The van der Waals surface area contributed by atoms with Gasteiger partial charge in [0.15, 0.2) is 0 Å². The first-order valence-corrected chi connectivity index (χ1v) is 7.31. The molecule has 1 fully saturated rings. The third-order valence-corrected chi connectivity index (χ3v) is 4.44. The molecule has 0 radical (unpaired) electrons. The lowest BCUT2D eigenvalue weighted by molar-refractivity contribution is -0.0145. The van der Waals surface area contributed by atoms with Crippen molar-refractivity contribution in [3.63, 3.8) is 0 Å². The number of aliphatic hydroxyl groups is 1. The van der Waals surface area contributed by atoms with Crippen molar-refractivity contribution in [2.24, 2.45) is 5.41 Å². The fourth-order valence-corrected chi connectivity index (χ4v) is 2.73. The van der Waals surface area contributed by atoms with E-state index < -0.39 is 5.60 Å². The van der Waals surface area contributed by atoms with Crippen LogP contribution in [0.1, 0.15) is 50.7 Å². The third kappa shape index (κ3) is 3.52. The molecular weight excluding hydrogens is 248 g/mol. The van der Waals surface area contributed by atoms with Gasteiger partial charge >= 0.3 is 0 Å². The van der Waals surface area contributed by atoms with Crippen LogP contribution < -0.4 is 5.32 Å². The molecule has 0 spiro atoms. The first-order valence-electron chi connectivity index (χ1n) is 7.31. The Morgan fingerprint density at radius 1 is 1.25 bits per heavy atom. The van der Waals surface area contributed by atoms with Crippen LogP contribution in [0.3, 0.4) is 0 Å². The predicted octanol–water partition coefficient (Wildman–Crippen LogP) is 3.61. The first-order chi connectivity index (χ1) is 9.34. The molecule has 20 heavy (non-hydrogen) atoms. The molecule has 0 saturated heterocycles. The Morgan fingerprint density at radius 3 is 2.50 bits per heavy atom. The van der Waals surface area contributed by atoms with Gasteiger partial charge in [-0.1, -0.05) is 19.9 Å². The van der Waals surface area contributed by atoms with E-state index in [1.165, 1.54) is 0 Å². The Balaban J connectivity index is 2.02. The average molecular weight is 272 g/mol. The molecule has 1 aromatic carbocycles. The summed E-state index contributed by atoms with van der Waals surface area (Å²) in [5.74, 6) is 0. The van der Waals surface area contributed by atoms with Crippen molar-refractivity contribution in [1.82, 2.24) is 0 Å². The minimum absolute atomic E-state index is 0.341. The van der Waals surface area contributed by atoms with Gasteiger partial charge in [0.25, 0.3) is 0 Å². The molecule has 108 valence electrons. The Bertz CT molecular complexity index is 518. The van der Waals surface area contributed by atoms with Crippen molar-refractivity contribution in [3.8, 4) is 6.07 Å². The van der Waals surface area contributed by atoms with Crippen molar-refractivity contribution in [2.45, 2.75) is 52.1 Å². The number of hydrogen-bond donors (Lipinski definition) is 2. The van der Waals surface area contributed by atoms with Gasteiger partial charge in [-0.3, -0.25) is 0 Å². The molecule has 0 heterocycles. The van der Waals surface area contributed by atoms with Crippen LogP contribution in [0.15, 0.2) is 18.2 Å². The van der Waals surface area contributed by atoms with Crippen LogP contribution in [0.25, 0.3) is 0 Å². The lowest BCUT2D eigenvalue weighted by Gasteiger charge is -2.40. The van der Waals surface area contributed by atoms with E-state index in [0.29, 0.717) is 17.5 Å². The Kier molecular flexibility index (Phi) is 4.06. The largest absolute Gasteiger partial charge is 0.388 e. The van der Waals surface area contributed by atoms with E-state index in [2.05, 4.69) is 25.2 Å². The third-order valence-electron chi connectivity index (χ3n) is 4.44. The lowest BCUT2D eigenvalue weighted by atomic mass is 9.71. The summed E-state index contributed by atoms with van der Waals surface area (Å²) in [5, 5.41) is 23.0. The van der Waals surface area contributed by atoms with Crippen molar-refractivity contribution in [3.05, 3.63) is 29.3 Å². The summed E-state index contributed by atoms with van der Waals surface area (Å²) < 4.78 is 0. The van der Waals surface area contributed by atoms with Crippen LogP contribution in [-0.2, 0) is 0 Å². The zero-order valence-corrected chi connectivity index (χ0v) is 12.7. The minimum Gasteiger partial charge on any atom is -0.388 e. The van der Waals surface area contributed by atoms with Gasteiger partial charge in [0.05, 0.1) is 16.9 Å². The van der Waals surface area contributed by atoms with Crippen molar-refractivity contribution >= 4 is 5.69 Å². The van der Waals surface area contributed by atoms with E-state index >= 15 is 0 Å². The monoisotopic (exact) mass is 272 g/mol. The van der Waals surface area contributed by atoms with Crippen LogP contribution in [0.2, 0.25) is 0 Å². The van der Waals surface area contributed by atoms with E-state index in [1.807, 2.05) is 25.1 Å².